The normalized spacial score (nSPS) is 16.9. The topological polar surface area (TPSA) is 61.4 Å². The number of methoxy groups -OCH3 is 2. The molecule has 160 valence electrons. The minimum absolute atomic E-state index is 0.163. The van der Waals surface area contributed by atoms with Gasteiger partial charge in [-0.25, -0.2) is 0 Å². The molecular weight excluding hydrogens is 404 g/mol. The van der Waals surface area contributed by atoms with Crippen molar-refractivity contribution in [2.45, 2.75) is 25.5 Å². The van der Waals surface area contributed by atoms with Gasteiger partial charge in [-0.05, 0) is 54.9 Å². The third kappa shape index (κ3) is 4.71. The summed E-state index contributed by atoms with van der Waals surface area (Å²) >= 11 is 5.78. The summed E-state index contributed by atoms with van der Waals surface area (Å²) in [5.41, 5.74) is 1.87. The van der Waals surface area contributed by atoms with E-state index in [1.54, 1.807) is 14.2 Å². The van der Waals surface area contributed by atoms with Crippen molar-refractivity contribution < 1.29 is 23.7 Å². The third-order valence-electron chi connectivity index (χ3n) is 5.20. The molecule has 0 aromatic heterocycles. The minimum atomic E-state index is 0.163. The predicted octanol–water partition coefficient (Wildman–Crippen LogP) is 3.81. The van der Waals surface area contributed by atoms with Crippen LogP contribution in [0.25, 0.3) is 0 Å². The Morgan fingerprint density at radius 3 is 2.77 bits per heavy atom. The van der Waals surface area contributed by atoms with E-state index in [4.69, 9.17) is 35.9 Å². The fourth-order valence-electron chi connectivity index (χ4n) is 3.61. The molecule has 2 aromatic carbocycles. The smallest absolute Gasteiger partial charge is 0.231 e. The molecule has 0 radical (unpaired) electrons. The molecule has 2 heterocycles. The summed E-state index contributed by atoms with van der Waals surface area (Å²) in [6.45, 7) is 2.39. The van der Waals surface area contributed by atoms with E-state index < -0.39 is 0 Å². The van der Waals surface area contributed by atoms with Gasteiger partial charge < -0.3 is 33.9 Å². The number of rotatable bonds is 7. The molecule has 1 N–H and O–H groups in total. The van der Waals surface area contributed by atoms with Crippen molar-refractivity contribution in [3.05, 3.63) is 42.0 Å². The number of hydrogen-bond donors (Lipinski definition) is 1. The molecular formula is C22H26N2O5S. The van der Waals surface area contributed by atoms with E-state index in [-0.39, 0.29) is 12.9 Å². The highest BCUT2D eigenvalue weighted by Gasteiger charge is 2.23. The van der Waals surface area contributed by atoms with Crippen molar-refractivity contribution in [3.63, 3.8) is 0 Å². The maximum Gasteiger partial charge on any atom is 0.231 e. The van der Waals surface area contributed by atoms with E-state index in [0.29, 0.717) is 24.0 Å². The number of hydrogen-bond acceptors (Lipinski definition) is 6. The molecule has 0 bridgehead atoms. The van der Waals surface area contributed by atoms with E-state index in [1.165, 1.54) is 0 Å². The summed E-state index contributed by atoms with van der Waals surface area (Å²) in [4.78, 5) is 2.12. The Balaban J connectivity index is 1.52. The van der Waals surface area contributed by atoms with Crippen LogP contribution < -0.4 is 24.3 Å². The standard InChI is InChI=1S/C22H26N2O5S/c1-25-16-6-7-18(20(11-16)26-2)23-22(30)24(13-17-4-3-9-27-17)12-15-5-8-19-21(10-15)29-14-28-19/h5-8,10-11,17H,3-4,9,12-14H2,1-2H3,(H,23,30). The molecule has 0 spiro atoms. The van der Waals surface area contributed by atoms with Crippen LogP contribution in [0.4, 0.5) is 5.69 Å². The number of anilines is 1. The average molecular weight is 431 g/mol. The number of nitrogens with one attached hydrogen (secondary N) is 1. The Morgan fingerprint density at radius 2 is 2.00 bits per heavy atom. The van der Waals surface area contributed by atoms with Gasteiger partial charge in [0.05, 0.1) is 26.0 Å². The third-order valence-corrected chi connectivity index (χ3v) is 5.56. The molecule has 1 unspecified atom stereocenters. The average Bonchev–Trinajstić information content (AvgIpc) is 3.45. The first kappa shape index (κ1) is 20.6. The highest BCUT2D eigenvalue weighted by atomic mass is 32.1. The first-order valence-corrected chi connectivity index (χ1v) is 10.3. The van der Waals surface area contributed by atoms with Crippen LogP contribution in [-0.2, 0) is 11.3 Å². The highest BCUT2D eigenvalue weighted by molar-refractivity contribution is 7.80. The lowest BCUT2D eigenvalue weighted by molar-refractivity contribution is 0.0905. The number of ether oxygens (including phenoxy) is 5. The highest BCUT2D eigenvalue weighted by Crippen LogP contribution is 2.33. The second-order valence-electron chi connectivity index (χ2n) is 7.20. The van der Waals surface area contributed by atoms with Gasteiger partial charge in [-0.15, -0.1) is 0 Å². The van der Waals surface area contributed by atoms with E-state index in [9.17, 15) is 0 Å². The van der Waals surface area contributed by atoms with Gasteiger partial charge in [-0.2, -0.15) is 0 Å². The summed E-state index contributed by atoms with van der Waals surface area (Å²) in [7, 11) is 3.25. The van der Waals surface area contributed by atoms with Gasteiger partial charge in [0.15, 0.2) is 16.6 Å². The maximum absolute atomic E-state index is 5.86. The SMILES string of the molecule is COc1ccc(NC(=S)N(Cc2ccc3c(c2)OCO3)CC2CCCO2)c(OC)c1. The van der Waals surface area contributed by atoms with E-state index >= 15 is 0 Å². The van der Waals surface area contributed by atoms with Crippen molar-refractivity contribution in [2.24, 2.45) is 0 Å². The molecule has 7 nitrogen and oxygen atoms in total. The zero-order valence-corrected chi connectivity index (χ0v) is 18.0. The zero-order chi connectivity index (χ0) is 20.9. The zero-order valence-electron chi connectivity index (χ0n) is 17.2. The summed E-state index contributed by atoms with van der Waals surface area (Å²) in [5, 5.41) is 3.93. The monoisotopic (exact) mass is 430 g/mol. The molecule has 2 aliphatic rings. The Morgan fingerprint density at radius 1 is 1.13 bits per heavy atom. The molecule has 0 amide bonds. The minimum Gasteiger partial charge on any atom is -0.497 e. The van der Waals surface area contributed by atoms with Gasteiger partial charge in [-0.1, -0.05) is 6.07 Å². The van der Waals surface area contributed by atoms with E-state index in [1.807, 2.05) is 36.4 Å². The summed E-state index contributed by atoms with van der Waals surface area (Å²) in [6.07, 6.45) is 2.28. The number of nitrogens with zero attached hydrogens (tertiary/aromatic N) is 1. The second-order valence-corrected chi connectivity index (χ2v) is 7.59. The number of thiocarbonyl (C=S) groups is 1. The van der Waals surface area contributed by atoms with Crippen LogP contribution in [0.15, 0.2) is 36.4 Å². The summed E-state index contributed by atoms with van der Waals surface area (Å²) in [5.74, 6) is 2.92. The van der Waals surface area contributed by atoms with Crippen molar-refractivity contribution in [3.8, 4) is 23.0 Å². The molecule has 1 saturated heterocycles. The molecule has 0 aliphatic carbocycles. The van der Waals surface area contributed by atoms with Crippen molar-refractivity contribution >= 4 is 23.0 Å². The van der Waals surface area contributed by atoms with E-state index in [0.717, 1.165) is 47.9 Å². The lowest BCUT2D eigenvalue weighted by atomic mass is 10.1. The Labute approximate surface area is 181 Å². The van der Waals surface area contributed by atoms with E-state index in [2.05, 4.69) is 10.2 Å². The fourth-order valence-corrected chi connectivity index (χ4v) is 3.86. The van der Waals surface area contributed by atoms with Crippen LogP contribution in [0.1, 0.15) is 18.4 Å². The van der Waals surface area contributed by atoms with Gasteiger partial charge in [0, 0.05) is 25.8 Å². The summed E-state index contributed by atoms with van der Waals surface area (Å²) < 4.78 is 27.6. The van der Waals surface area contributed by atoms with Crippen LogP contribution in [0.3, 0.4) is 0 Å². The van der Waals surface area contributed by atoms with Crippen LogP contribution in [0, 0.1) is 0 Å². The molecule has 2 aliphatic heterocycles. The van der Waals surface area contributed by atoms with Gasteiger partial charge in [0.25, 0.3) is 0 Å². The molecule has 1 atom stereocenters. The van der Waals surface area contributed by atoms with Crippen LogP contribution in [-0.4, -0.2) is 50.3 Å². The lowest BCUT2D eigenvalue weighted by Gasteiger charge is -2.29. The van der Waals surface area contributed by atoms with Crippen molar-refractivity contribution in [1.29, 1.82) is 0 Å². The first-order valence-electron chi connectivity index (χ1n) is 9.94. The molecule has 4 rings (SSSR count). The van der Waals surface area contributed by atoms with Gasteiger partial charge in [-0.3, -0.25) is 0 Å². The lowest BCUT2D eigenvalue weighted by Crippen LogP contribution is -2.39. The first-order chi connectivity index (χ1) is 14.7. The Kier molecular flexibility index (Phi) is 6.44. The fraction of sp³-hybridized carbons (Fsp3) is 0.409. The van der Waals surface area contributed by atoms with Crippen molar-refractivity contribution in [1.82, 2.24) is 4.90 Å². The predicted molar refractivity (Wildman–Crippen MR) is 118 cm³/mol. The quantitative estimate of drug-likeness (QED) is 0.666. The Hall–Kier alpha value is -2.71. The molecule has 8 heteroatoms. The van der Waals surface area contributed by atoms with Gasteiger partial charge >= 0.3 is 0 Å². The van der Waals surface area contributed by atoms with Crippen LogP contribution >= 0.6 is 12.2 Å². The maximum atomic E-state index is 5.86. The van der Waals surface area contributed by atoms with Crippen LogP contribution in [0.2, 0.25) is 0 Å². The molecule has 1 fully saturated rings. The number of fused-ring (bicyclic) bond motifs is 1. The van der Waals surface area contributed by atoms with Gasteiger partial charge in [0.2, 0.25) is 6.79 Å². The number of benzene rings is 2. The van der Waals surface area contributed by atoms with Crippen molar-refractivity contribution in [2.75, 3.05) is 39.5 Å². The summed E-state index contributed by atoms with van der Waals surface area (Å²) in [6, 6.07) is 11.6. The molecule has 30 heavy (non-hydrogen) atoms. The largest absolute Gasteiger partial charge is 0.497 e. The molecule has 2 aromatic rings. The van der Waals surface area contributed by atoms with Crippen LogP contribution in [0.5, 0.6) is 23.0 Å². The van der Waals surface area contributed by atoms with Gasteiger partial charge in [0.1, 0.15) is 11.5 Å². The Bertz CT molecular complexity index is 901. The molecule has 0 saturated carbocycles. The second kappa shape index (κ2) is 9.40.